The first-order valence-electron chi connectivity index (χ1n) is 9.23. The van der Waals surface area contributed by atoms with Crippen LogP contribution < -0.4 is 10.1 Å². The second-order valence-electron chi connectivity index (χ2n) is 6.59. The Morgan fingerprint density at radius 3 is 2.93 bits per heavy atom. The zero-order valence-electron chi connectivity index (χ0n) is 15.9. The van der Waals surface area contributed by atoms with Gasteiger partial charge in [0, 0.05) is 37.5 Å². The molecule has 3 aromatic rings. The number of carbonyl (C=O) groups excluding carboxylic acids is 1. The molecule has 0 spiro atoms. The lowest BCUT2D eigenvalue weighted by Crippen LogP contribution is -2.28. The molecule has 4 rings (SSSR count). The molecule has 2 aromatic heterocycles. The van der Waals surface area contributed by atoms with E-state index >= 15 is 0 Å². The number of methoxy groups -OCH3 is 1. The third-order valence-corrected chi connectivity index (χ3v) is 4.80. The van der Waals surface area contributed by atoms with E-state index in [0.29, 0.717) is 18.9 Å². The molecule has 144 valence electrons. The summed E-state index contributed by atoms with van der Waals surface area (Å²) < 4.78 is 7.17. The molecule has 1 saturated heterocycles. The number of anilines is 1. The number of amides is 1. The van der Waals surface area contributed by atoms with E-state index in [1.54, 1.807) is 24.2 Å². The highest BCUT2D eigenvalue weighted by molar-refractivity contribution is 5.79. The Kier molecular flexibility index (Phi) is 4.92. The summed E-state index contributed by atoms with van der Waals surface area (Å²) in [5.74, 6) is 1.42. The SMILES string of the molecule is CCN1C[C@@H](Nc2nccc(-c3cnn(-c4ccccc4OC)c3)n2)CC1=O. The quantitative estimate of drug-likeness (QED) is 0.709. The maximum atomic E-state index is 11.9. The lowest BCUT2D eigenvalue weighted by molar-refractivity contribution is -0.127. The van der Waals surface area contributed by atoms with E-state index in [4.69, 9.17) is 4.74 Å². The Balaban J connectivity index is 1.54. The summed E-state index contributed by atoms with van der Waals surface area (Å²) in [5.41, 5.74) is 2.48. The average molecular weight is 378 g/mol. The maximum Gasteiger partial charge on any atom is 0.224 e. The molecule has 0 unspecified atom stereocenters. The number of hydrogen-bond donors (Lipinski definition) is 1. The van der Waals surface area contributed by atoms with Crippen LogP contribution in [0.1, 0.15) is 13.3 Å². The minimum absolute atomic E-state index is 0.0269. The van der Waals surface area contributed by atoms with Gasteiger partial charge in [0.15, 0.2) is 0 Å². The van der Waals surface area contributed by atoms with E-state index in [0.717, 1.165) is 29.2 Å². The van der Waals surface area contributed by atoms with Gasteiger partial charge in [0.05, 0.1) is 25.0 Å². The largest absolute Gasteiger partial charge is 0.494 e. The Morgan fingerprint density at radius 1 is 1.29 bits per heavy atom. The number of ether oxygens (including phenoxy) is 1. The van der Waals surface area contributed by atoms with Gasteiger partial charge >= 0.3 is 0 Å². The molecule has 3 heterocycles. The highest BCUT2D eigenvalue weighted by Crippen LogP contribution is 2.24. The number of para-hydroxylation sites is 2. The highest BCUT2D eigenvalue weighted by atomic mass is 16.5. The van der Waals surface area contributed by atoms with E-state index in [1.807, 2.05) is 48.4 Å². The van der Waals surface area contributed by atoms with Crippen molar-refractivity contribution in [2.45, 2.75) is 19.4 Å². The Morgan fingerprint density at radius 2 is 2.14 bits per heavy atom. The lowest BCUT2D eigenvalue weighted by Gasteiger charge is -2.14. The van der Waals surface area contributed by atoms with Crippen LogP contribution in [0.15, 0.2) is 48.9 Å². The van der Waals surface area contributed by atoms with Crippen LogP contribution in [-0.4, -0.2) is 56.8 Å². The van der Waals surface area contributed by atoms with Crippen molar-refractivity contribution in [2.24, 2.45) is 0 Å². The average Bonchev–Trinajstić information content (AvgIpc) is 3.35. The van der Waals surface area contributed by atoms with Gasteiger partial charge in [-0.25, -0.2) is 14.6 Å². The van der Waals surface area contributed by atoms with Crippen LogP contribution in [0.2, 0.25) is 0 Å². The molecule has 8 nitrogen and oxygen atoms in total. The van der Waals surface area contributed by atoms with Crippen molar-refractivity contribution in [3.05, 3.63) is 48.9 Å². The maximum absolute atomic E-state index is 11.9. The van der Waals surface area contributed by atoms with Crippen molar-refractivity contribution >= 4 is 11.9 Å². The van der Waals surface area contributed by atoms with Crippen molar-refractivity contribution in [3.8, 4) is 22.7 Å². The first kappa shape index (κ1) is 18.0. The molecule has 0 saturated carbocycles. The third-order valence-electron chi connectivity index (χ3n) is 4.80. The number of likely N-dealkylation sites (tertiary alicyclic amines) is 1. The number of nitrogens with zero attached hydrogens (tertiary/aromatic N) is 5. The van der Waals surface area contributed by atoms with E-state index in [2.05, 4.69) is 20.4 Å². The lowest BCUT2D eigenvalue weighted by atomic mass is 10.2. The number of hydrogen-bond acceptors (Lipinski definition) is 6. The zero-order valence-corrected chi connectivity index (χ0v) is 15.9. The molecule has 1 aliphatic heterocycles. The minimum atomic E-state index is 0.0269. The van der Waals surface area contributed by atoms with Gasteiger partial charge in [-0.1, -0.05) is 12.1 Å². The van der Waals surface area contributed by atoms with Crippen LogP contribution in [0.25, 0.3) is 16.9 Å². The van der Waals surface area contributed by atoms with Crippen LogP contribution >= 0.6 is 0 Å². The fraction of sp³-hybridized carbons (Fsp3) is 0.300. The van der Waals surface area contributed by atoms with Crippen molar-refractivity contribution in [1.82, 2.24) is 24.6 Å². The fourth-order valence-electron chi connectivity index (χ4n) is 3.35. The molecule has 1 atom stereocenters. The van der Waals surface area contributed by atoms with E-state index < -0.39 is 0 Å². The smallest absolute Gasteiger partial charge is 0.224 e. The van der Waals surface area contributed by atoms with Crippen LogP contribution in [-0.2, 0) is 4.79 Å². The van der Waals surface area contributed by atoms with E-state index in [1.165, 1.54) is 0 Å². The fourth-order valence-corrected chi connectivity index (χ4v) is 3.35. The first-order valence-corrected chi connectivity index (χ1v) is 9.23. The van der Waals surface area contributed by atoms with Crippen molar-refractivity contribution in [3.63, 3.8) is 0 Å². The van der Waals surface area contributed by atoms with Crippen LogP contribution in [0.3, 0.4) is 0 Å². The predicted octanol–water partition coefficient (Wildman–Crippen LogP) is 2.37. The van der Waals surface area contributed by atoms with E-state index in [-0.39, 0.29) is 11.9 Å². The number of aromatic nitrogens is 4. The molecule has 1 amide bonds. The molecule has 1 aromatic carbocycles. The summed E-state index contributed by atoms with van der Waals surface area (Å²) >= 11 is 0. The van der Waals surface area contributed by atoms with Crippen molar-refractivity contribution < 1.29 is 9.53 Å². The van der Waals surface area contributed by atoms with Crippen LogP contribution in [0.5, 0.6) is 5.75 Å². The standard InChI is InChI=1S/C20H22N6O2/c1-3-25-13-15(10-19(25)27)23-20-21-9-8-16(24-20)14-11-22-26(12-14)17-6-4-5-7-18(17)28-2/h4-9,11-12,15H,3,10,13H2,1-2H3,(H,21,23,24)/t15-/m0/s1. The van der Waals surface area contributed by atoms with Gasteiger partial charge in [0.25, 0.3) is 0 Å². The molecule has 1 aliphatic rings. The summed E-state index contributed by atoms with van der Waals surface area (Å²) in [4.78, 5) is 22.6. The molecular formula is C20H22N6O2. The zero-order chi connectivity index (χ0) is 19.5. The van der Waals surface area contributed by atoms with Gasteiger partial charge in [0.2, 0.25) is 11.9 Å². The summed E-state index contributed by atoms with van der Waals surface area (Å²) in [5, 5.41) is 7.71. The molecule has 28 heavy (non-hydrogen) atoms. The Hall–Kier alpha value is -3.42. The topological polar surface area (TPSA) is 85.2 Å². The van der Waals surface area contributed by atoms with Crippen molar-refractivity contribution in [2.75, 3.05) is 25.5 Å². The first-order chi connectivity index (χ1) is 13.7. The highest BCUT2D eigenvalue weighted by Gasteiger charge is 2.28. The van der Waals surface area contributed by atoms with Gasteiger partial charge in [-0.05, 0) is 25.1 Å². The number of benzene rings is 1. The molecular weight excluding hydrogens is 356 g/mol. The van der Waals surface area contributed by atoms with Crippen LogP contribution in [0.4, 0.5) is 5.95 Å². The van der Waals surface area contributed by atoms with Crippen molar-refractivity contribution in [1.29, 1.82) is 0 Å². The molecule has 8 heteroatoms. The summed E-state index contributed by atoms with van der Waals surface area (Å²) in [7, 11) is 1.64. The summed E-state index contributed by atoms with van der Waals surface area (Å²) in [6.07, 6.45) is 5.84. The van der Waals surface area contributed by atoms with Gasteiger partial charge in [-0.3, -0.25) is 4.79 Å². The van der Waals surface area contributed by atoms with E-state index in [9.17, 15) is 4.79 Å². The molecule has 1 fully saturated rings. The summed E-state index contributed by atoms with van der Waals surface area (Å²) in [6.45, 7) is 3.38. The third kappa shape index (κ3) is 3.53. The van der Waals surface area contributed by atoms with Gasteiger partial charge < -0.3 is 15.0 Å². The Labute approximate surface area is 163 Å². The molecule has 0 bridgehead atoms. The monoisotopic (exact) mass is 378 g/mol. The number of carbonyl (C=O) groups is 1. The summed E-state index contributed by atoms with van der Waals surface area (Å²) in [6, 6.07) is 9.56. The number of rotatable bonds is 6. The second kappa shape index (κ2) is 7.67. The predicted molar refractivity (Wildman–Crippen MR) is 105 cm³/mol. The molecule has 0 aliphatic carbocycles. The second-order valence-corrected chi connectivity index (χ2v) is 6.59. The van der Waals surface area contributed by atoms with Gasteiger partial charge in [-0.2, -0.15) is 5.10 Å². The molecule has 1 N–H and O–H groups in total. The minimum Gasteiger partial charge on any atom is -0.494 e. The Bertz CT molecular complexity index is 986. The number of nitrogens with one attached hydrogen (secondary N) is 1. The van der Waals surface area contributed by atoms with Gasteiger partial charge in [-0.15, -0.1) is 0 Å². The van der Waals surface area contributed by atoms with Gasteiger partial charge in [0.1, 0.15) is 11.4 Å². The van der Waals surface area contributed by atoms with Crippen LogP contribution in [0, 0.1) is 0 Å². The number of likely N-dealkylation sites (N-methyl/N-ethyl adjacent to an activating group) is 1. The molecule has 0 radical (unpaired) electrons. The normalized spacial score (nSPS) is 16.4.